The number of carbonyl (C=O) groups excluding carboxylic acids is 2. The Morgan fingerprint density at radius 1 is 0.187 bits per heavy atom. The fraction of sp³-hybridized carbons (Fsp3) is 0.974. The second-order valence-corrected chi connectivity index (χ2v) is 35.2. The second-order valence-electron chi connectivity index (χ2n) is 35.2. The predicted octanol–water partition coefficient (Wildman–Crippen LogP) is -26.9. The van der Waals surface area contributed by atoms with Crippen molar-refractivity contribution in [2.75, 3.05) is 79.3 Å². The van der Waals surface area contributed by atoms with Gasteiger partial charge in [0.05, 0.1) is 79.3 Å². The Bertz CT molecular complexity index is 3730. The van der Waals surface area contributed by atoms with E-state index < -0.39 is 459 Å². The molecule has 12 heterocycles. The lowest BCUT2D eigenvalue weighted by Gasteiger charge is -2.51. The van der Waals surface area contributed by atoms with E-state index in [9.17, 15) is 193 Å². The van der Waals surface area contributed by atoms with Crippen molar-refractivity contribution in [1.82, 2.24) is 10.6 Å². The Hall–Kier alpha value is -3.42. The molecule has 2 amide bonds. The van der Waals surface area contributed by atoms with Crippen molar-refractivity contribution in [2.45, 2.75) is 382 Å². The molecule has 63 heteroatoms. The van der Waals surface area contributed by atoms with Crippen molar-refractivity contribution in [3.63, 3.8) is 0 Å². The van der Waals surface area contributed by atoms with E-state index in [1.54, 1.807) is 0 Å². The van der Waals surface area contributed by atoms with Crippen molar-refractivity contribution < 1.29 is 302 Å². The van der Waals surface area contributed by atoms with E-state index in [2.05, 4.69) is 10.6 Å². The molecule has 12 aliphatic heterocycles. The largest absolute Gasteiger partial charge is 0.394 e. The summed E-state index contributed by atoms with van der Waals surface area (Å²) in [6.07, 6.45) is -130. The third-order valence-corrected chi connectivity index (χ3v) is 25.9. The van der Waals surface area contributed by atoms with Gasteiger partial charge in [0.2, 0.25) is 11.8 Å². The average molecular weight is 2050 g/mol. The first kappa shape index (κ1) is 114. The number of carbonyl (C=O) groups is 2. The number of ether oxygens (including phenoxy) is 23. The van der Waals surface area contributed by atoms with Gasteiger partial charge < -0.3 is 303 Å². The minimum Gasteiger partial charge on any atom is -0.394 e. The zero-order valence-corrected chi connectivity index (χ0v) is 73.4. The van der Waals surface area contributed by atoms with Gasteiger partial charge in [-0.3, -0.25) is 9.59 Å². The summed E-state index contributed by atoms with van der Waals surface area (Å²) in [5, 5.41) is 408. The summed E-state index contributed by atoms with van der Waals surface area (Å²) in [6, 6.07) is -3.77. The third kappa shape index (κ3) is 24.5. The average Bonchev–Trinajstić information content (AvgIpc) is 0.782. The smallest absolute Gasteiger partial charge is 0.217 e. The van der Waals surface area contributed by atoms with Gasteiger partial charge in [-0.05, 0) is 0 Å². The molecule has 63 nitrogen and oxygen atoms in total. The first-order chi connectivity index (χ1) is 65.9. The van der Waals surface area contributed by atoms with E-state index in [-0.39, 0.29) is 0 Å². The molecular formula is C76H128N2O61. The maximum absolute atomic E-state index is 13.2. The van der Waals surface area contributed by atoms with Crippen LogP contribution in [-0.4, -0.2) is 643 Å². The van der Waals surface area contributed by atoms with Crippen molar-refractivity contribution in [3.05, 3.63) is 0 Å². The molecule has 0 aromatic rings. The van der Waals surface area contributed by atoms with Crippen LogP contribution in [0.4, 0.5) is 0 Å². The SMILES string of the molecule is CC(=O)N[C@@H]1[C@H](O[C@H]2[C@@H](O)[C@H](NC(C)=O)[C@H](O)O[C@@H]2CO)O[C@H](CO)[C@@H](OC2O[C@H](CO[C@@H]3O[C@@H](CO[C@@H]4O[C@@H](CO)[C@H](O)[C@H](O)[C@@H]4O[C@@H]4O[C@@H](CO)[C@H](O)[C@H](O)[C@@H]4O)[C@H](O)[C@H](O[C@@H]4O[C@@H](CO)[C@H](O)[C@H](O)[C@H]4O[C@@H]4O[C@@H](CO)[C@H](O)[C@H](O)[C@@H]4O)[C@@H]3O)[C@@H](O)[C@H](O[C@H]3O[C@H](CO)[C@@H](O)[C@@H](O)[C@@H]3O[C@@H]3O[C@@H](CO)[C@H](O)[C@H](O)[C@@H]3O[C@@H]3O[C@@H](CO)[C@H](O)[C@@H](O[C@@H]4O[C@@H](CO)[C@H](O)[C@H](O)[C@H]4O)[C@@H]3O)[C@H]2O)[C@H]1O. The summed E-state index contributed by atoms with van der Waals surface area (Å²) < 4.78 is 136. The molecule has 808 valence electrons. The number of aliphatic hydroxyl groups excluding tert-OH is 36. The molecule has 12 aliphatic rings. The van der Waals surface area contributed by atoms with E-state index >= 15 is 0 Å². The molecule has 0 spiro atoms. The Morgan fingerprint density at radius 3 is 0.734 bits per heavy atom. The Kier molecular flexibility index (Phi) is 41.0. The van der Waals surface area contributed by atoms with Crippen molar-refractivity contribution in [1.29, 1.82) is 0 Å². The second kappa shape index (κ2) is 49.8. The zero-order valence-electron chi connectivity index (χ0n) is 73.4. The summed E-state index contributed by atoms with van der Waals surface area (Å²) >= 11 is 0. The van der Waals surface area contributed by atoms with E-state index in [1.807, 2.05) is 0 Å². The molecule has 12 fully saturated rings. The number of hydrogen-bond acceptors (Lipinski definition) is 61. The van der Waals surface area contributed by atoms with E-state index in [4.69, 9.17) is 109 Å². The van der Waals surface area contributed by atoms with E-state index in [1.165, 1.54) is 0 Å². The molecule has 12 saturated heterocycles. The van der Waals surface area contributed by atoms with Gasteiger partial charge in [-0.25, -0.2) is 0 Å². The number of rotatable bonds is 36. The molecule has 0 aromatic heterocycles. The Labute approximate surface area is 784 Å². The molecule has 0 saturated carbocycles. The molecule has 60 atom stereocenters. The maximum Gasteiger partial charge on any atom is 0.217 e. The fourth-order valence-electron chi connectivity index (χ4n) is 17.9. The third-order valence-electron chi connectivity index (χ3n) is 25.9. The van der Waals surface area contributed by atoms with Crippen molar-refractivity contribution in [2.24, 2.45) is 0 Å². The molecule has 0 radical (unpaired) electrons. The Morgan fingerprint density at radius 2 is 0.396 bits per heavy atom. The molecule has 12 rings (SSSR count). The highest BCUT2D eigenvalue weighted by Gasteiger charge is 2.63. The number of amides is 2. The first-order valence-electron chi connectivity index (χ1n) is 44.2. The van der Waals surface area contributed by atoms with Gasteiger partial charge in [0.1, 0.15) is 293 Å². The van der Waals surface area contributed by atoms with Gasteiger partial charge in [-0.2, -0.15) is 0 Å². The number of nitrogens with one attached hydrogen (secondary N) is 2. The van der Waals surface area contributed by atoms with Crippen LogP contribution in [0.1, 0.15) is 13.8 Å². The standard InChI is InChI=1S/C76H128N2O61/c1-15(89)77-29-41(101)56(25(11-87)119-65(29)116)131-66-30(78-16(2)90)42(102)57(26(12-88)128-66)132-72-55(115)60(135-75-64(49(109)37(97)22(8-84)126-75)139-76-63(48(108)36(96)23(9-85)127-76)138-71-54(114)58(38(98)24(10-86)123-71)133-68-50(110)43(103)31(91)17(3-79)120-68)40(100)28(130-72)13-117-67-53(113)59(134-74-62(47(107)35(95)21(7-83)125-74)137-70-52(112)45(105)33(93)19(5-81)122-70)39(99)27(129-67)14-118-73-61(46(106)34(94)20(6-82)124-73)136-69-51(111)44(104)32(92)18(4-80)121-69/h17-76,79-88,91-116H,3-14H2,1-2H3,(H,77,89)(H,78,90)/t17-,18-,19-,20-,21-,22+,23-,24-,25+,26+,27-,28+,29-,30-,31-,32-,33-,34-,35-,36-,37+,38-,39-,40+,41-,42-,43-,44-,45-,46-,47-,48-,49+,50+,51-,52-,53-,54-,55+,56+,57+,58+,59-,60-,61-,62+,63-,64-,65+,66-,67+,68-,69-,70-,71-,72?,73+,74-,75+,76-/m0/s1. The number of aliphatic hydroxyl groups is 36. The van der Waals surface area contributed by atoms with Crippen LogP contribution in [0, 0.1) is 0 Å². The summed E-state index contributed by atoms with van der Waals surface area (Å²) in [5.74, 6) is -1.86. The monoisotopic (exact) mass is 2040 g/mol. The highest BCUT2D eigenvalue weighted by Crippen LogP contribution is 2.43. The van der Waals surface area contributed by atoms with Gasteiger partial charge in [-0.1, -0.05) is 0 Å². The van der Waals surface area contributed by atoms with Crippen LogP contribution in [0.15, 0.2) is 0 Å². The number of hydrogen-bond donors (Lipinski definition) is 38. The summed E-state index contributed by atoms with van der Waals surface area (Å²) in [6.45, 7) is -12.4. The van der Waals surface area contributed by atoms with Crippen LogP contribution >= 0.6 is 0 Å². The van der Waals surface area contributed by atoms with E-state index in [0.29, 0.717) is 0 Å². The lowest BCUT2D eigenvalue weighted by atomic mass is 9.94. The minimum absolute atomic E-state index is 0.840. The van der Waals surface area contributed by atoms with Crippen LogP contribution in [0.5, 0.6) is 0 Å². The van der Waals surface area contributed by atoms with E-state index in [0.717, 1.165) is 13.8 Å². The summed E-state index contributed by atoms with van der Waals surface area (Å²) in [7, 11) is 0. The van der Waals surface area contributed by atoms with Gasteiger partial charge in [0, 0.05) is 13.8 Å². The predicted molar refractivity (Wildman–Crippen MR) is 418 cm³/mol. The zero-order chi connectivity index (χ0) is 102. The van der Waals surface area contributed by atoms with Crippen LogP contribution in [-0.2, 0) is 119 Å². The molecule has 38 N–H and O–H groups in total. The summed E-state index contributed by atoms with van der Waals surface area (Å²) in [5.41, 5.74) is 0. The van der Waals surface area contributed by atoms with Crippen LogP contribution in [0.2, 0.25) is 0 Å². The van der Waals surface area contributed by atoms with Crippen molar-refractivity contribution in [3.8, 4) is 0 Å². The molecule has 0 aliphatic carbocycles. The topological polar surface area (TPSA) is 999 Å². The van der Waals surface area contributed by atoms with Crippen molar-refractivity contribution >= 4 is 11.8 Å². The highest BCUT2D eigenvalue weighted by molar-refractivity contribution is 5.73. The minimum atomic E-state index is -2.75. The molecule has 0 bridgehead atoms. The van der Waals surface area contributed by atoms with Crippen LogP contribution in [0.25, 0.3) is 0 Å². The highest BCUT2D eigenvalue weighted by atomic mass is 16.8. The molecule has 139 heavy (non-hydrogen) atoms. The van der Waals surface area contributed by atoms with Gasteiger partial charge >= 0.3 is 0 Å². The Balaban J connectivity index is 0.905. The molecular weight excluding hydrogens is 1920 g/mol. The molecule has 0 aromatic carbocycles. The van der Waals surface area contributed by atoms with Gasteiger partial charge in [-0.15, -0.1) is 0 Å². The molecule has 1 unspecified atom stereocenters. The summed E-state index contributed by atoms with van der Waals surface area (Å²) in [4.78, 5) is 25.5. The van der Waals surface area contributed by atoms with Crippen LogP contribution in [0.3, 0.4) is 0 Å². The fourth-order valence-corrected chi connectivity index (χ4v) is 17.9. The lowest BCUT2D eigenvalue weighted by Crippen LogP contribution is -2.70. The quantitative estimate of drug-likeness (QED) is 0.0277. The lowest BCUT2D eigenvalue weighted by molar-refractivity contribution is -0.411. The van der Waals surface area contributed by atoms with Gasteiger partial charge in [0.15, 0.2) is 75.5 Å². The maximum atomic E-state index is 13.2. The first-order valence-corrected chi connectivity index (χ1v) is 44.2. The van der Waals surface area contributed by atoms with Gasteiger partial charge in [0.25, 0.3) is 0 Å². The van der Waals surface area contributed by atoms with Crippen LogP contribution < -0.4 is 10.6 Å². The normalized spacial score (nSPS) is 51.9.